The van der Waals surface area contributed by atoms with Crippen molar-refractivity contribution in [2.24, 2.45) is 0 Å². The molecule has 1 aliphatic rings. The van der Waals surface area contributed by atoms with Crippen molar-refractivity contribution in [3.05, 3.63) is 82.7 Å². The molecule has 4 rings (SSSR count). The third-order valence-electron chi connectivity index (χ3n) is 5.65. The van der Waals surface area contributed by atoms with Gasteiger partial charge in [-0.3, -0.25) is 4.98 Å². The highest BCUT2D eigenvalue weighted by molar-refractivity contribution is 5.63. The monoisotopic (exact) mass is 367 g/mol. The van der Waals surface area contributed by atoms with E-state index in [1.54, 1.807) is 6.20 Å². The maximum Gasteiger partial charge on any atom is 0.167 e. The lowest BCUT2D eigenvalue weighted by atomic mass is 9.88. The first-order valence-electron chi connectivity index (χ1n) is 9.77. The van der Waals surface area contributed by atoms with Gasteiger partial charge in [-0.2, -0.15) is 0 Å². The fourth-order valence-electron chi connectivity index (χ4n) is 3.77. The first-order chi connectivity index (χ1) is 13.5. The van der Waals surface area contributed by atoms with Crippen molar-refractivity contribution in [1.29, 1.82) is 0 Å². The average Bonchev–Trinajstić information content (AvgIpc) is 2.72. The van der Waals surface area contributed by atoms with Crippen LogP contribution in [0.25, 0.3) is 11.1 Å². The van der Waals surface area contributed by atoms with E-state index in [2.05, 4.69) is 80.9 Å². The van der Waals surface area contributed by atoms with Crippen LogP contribution in [-0.4, -0.2) is 10.6 Å². The van der Waals surface area contributed by atoms with Gasteiger partial charge in [-0.1, -0.05) is 36.1 Å². The van der Waals surface area contributed by atoms with Crippen LogP contribution in [0, 0.1) is 32.6 Å². The third kappa shape index (κ3) is 3.53. The fraction of sp³-hybridized carbons (Fsp3) is 0.269. The Labute approximate surface area is 167 Å². The van der Waals surface area contributed by atoms with Crippen LogP contribution in [0.1, 0.15) is 41.2 Å². The predicted octanol–water partition coefficient (Wildman–Crippen LogP) is 5.81. The number of rotatable bonds is 1. The zero-order chi connectivity index (χ0) is 19.7. The molecule has 0 fully saturated rings. The van der Waals surface area contributed by atoms with Gasteiger partial charge in [0.1, 0.15) is 5.75 Å². The van der Waals surface area contributed by atoms with Gasteiger partial charge >= 0.3 is 0 Å². The molecule has 1 atom stereocenters. The summed E-state index contributed by atoms with van der Waals surface area (Å²) in [6, 6.07) is 14.6. The normalized spacial score (nSPS) is 17.9. The van der Waals surface area contributed by atoms with Crippen LogP contribution >= 0.6 is 0 Å². The molecule has 2 aromatic carbocycles. The molecule has 1 aromatic heterocycles. The number of pyridine rings is 1. The Morgan fingerprint density at radius 2 is 1.79 bits per heavy atom. The van der Waals surface area contributed by atoms with E-state index >= 15 is 0 Å². The van der Waals surface area contributed by atoms with E-state index in [0.717, 1.165) is 35.3 Å². The molecule has 0 N–H and O–H groups in total. The van der Waals surface area contributed by atoms with E-state index in [-0.39, 0.29) is 0 Å². The Hall–Kier alpha value is -3.05. The number of fused-ring (bicyclic) bond motifs is 1. The third-order valence-corrected chi connectivity index (χ3v) is 5.65. The Kier molecular flexibility index (Phi) is 4.69. The van der Waals surface area contributed by atoms with Gasteiger partial charge in [-0.15, -0.1) is 0 Å². The highest BCUT2D eigenvalue weighted by Crippen LogP contribution is 2.38. The van der Waals surface area contributed by atoms with Crippen molar-refractivity contribution in [2.75, 3.05) is 0 Å². The lowest BCUT2D eigenvalue weighted by Gasteiger charge is -2.34. The summed E-state index contributed by atoms with van der Waals surface area (Å²) in [5.74, 6) is 7.75. The average molecular weight is 367 g/mol. The molecule has 0 saturated heterocycles. The molecule has 1 aliphatic heterocycles. The molecule has 0 aliphatic carbocycles. The Morgan fingerprint density at radius 1 is 1.00 bits per heavy atom. The van der Waals surface area contributed by atoms with Gasteiger partial charge in [0, 0.05) is 24.4 Å². The molecule has 0 radical (unpaired) electrons. The van der Waals surface area contributed by atoms with Crippen molar-refractivity contribution in [1.82, 2.24) is 4.98 Å². The maximum atomic E-state index is 6.44. The van der Waals surface area contributed by atoms with E-state index in [0.29, 0.717) is 0 Å². The molecule has 3 aromatic rings. The summed E-state index contributed by atoms with van der Waals surface area (Å²) in [7, 11) is 0. The zero-order valence-corrected chi connectivity index (χ0v) is 17.0. The highest BCUT2D eigenvalue weighted by atomic mass is 16.5. The number of nitrogens with zero attached hydrogens (tertiary/aromatic N) is 1. The topological polar surface area (TPSA) is 22.1 Å². The number of benzene rings is 2. The molecular formula is C26H25NO. The minimum Gasteiger partial charge on any atom is -0.474 e. The lowest BCUT2D eigenvalue weighted by Crippen LogP contribution is -2.35. The number of hydrogen-bond acceptors (Lipinski definition) is 2. The minimum absolute atomic E-state index is 0.458. The highest BCUT2D eigenvalue weighted by Gasteiger charge is 2.31. The molecule has 140 valence electrons. The fourth-order valence-corrected chi connectivity index (χ4v) is 3.77. The number of aryl methyl sites for hydroxylation is 2. The molecule has 28 heavy (non-hydrogen) atoms. The second kappa shape index (κ2) is 7.17. The first-order valence-corrected chi connectivity index (χ1v) is 9.77. The zero-order valence-electron chi connectivity index (χ0n) is 17.0. The Balaban J connectivity index is 1.58. The summed E-state index contributed by atoms with van der Waals surface area (Å²) in [4.78, 5) is 4.18. The minimum atomic E-state index is -0.458. The molecule has 1 unspecified atom stereocenters. The van der Waals surface area contributed by atoms with Gasteiger partial charge in [-0.25, -0.2) is 0 Å². The SMILES string of the molecule is Cc1cc(C)c2c(c1C)OC(C)(C#Cc1ccc(-c3cccnc3)cc1)CC2. The van der Waals surface area contributed by atoms with Crippen molar-refractivity contribution in [2.45, 2.75) is 46.1 Å². The van der Waals surface area contributed by atoms with E-state index in [4.69, 9.17) is 4.74 Å². The quantitative estimate of drug-likeness (QED) is 0.506. The smallest absolute Gasteiger partial charge is 0.167 e. The lowest BCUT2D eigenvalue weighted by molar-refractivity contribution is 0.123. The molecular weight excluding hydrogens is 342 g/mol. The number of aromatic nitrogens is 1. The van der Waals surface area contributed by atoms with E-state index in [1.165, 1.54) is 22.3 Å². The second-order valence-corrected chi connectivity index (χ2v) is 7.85. The number of ether oxygens (including phenoxy) is 1. The molecule has 2 heteroatoms. The van der Waals surface area contributed by atoms with Crippen molar-refractivity contribution in [3.8, 4) is 28.7 Å². The van der Waals surface area contributed by atoms with E-state index in [1.807, 2.05) is 12.3 Å². The van der Waals surface area contributed by atoms with Crippen molar-refractivity contribution < 1.29 is 4.74 Å². The summed E-state index contributed by atoms with van der Waals surface area (Å²) in [5.41, 5.74) is 7.97. The van der Waals surface area contributed by atoms with Gasteiger partial charge in [0.05, 0.1) is 0 Å². The van der Waals surface area contributed by atoms with E-state index in [9.17, 15) is 0 Å². The molecule has 2 heterocycles. The summed E-state index contributed by atoms with van der Waals surface area (Å²) in [6.07, 6.45) is 5.58. The molecule has 0 bridgehead atoms. The van der Waals surface area contributed by atoms with Crippen LogP contribution in [0.5, 0.6) is 5.75 Å². The molecule has 0 saturated carbocycles. The van der Waals surface area contributed by atoms with Crippen LogP contribution in [0.3, 0.4) is 0 Å². The molecule has 0 spiro atoms. The van der Waals surface area contributed by atoms with Gasteiger partial charge in [0.15, 0.2) is 5.60 Å². The Morgan fingerprint density at radius 3 is 2.50 bits per heavy atom. The van der Waals surface area contributed by atoms with Crippen molar-refractivity contribution in [3.63, 3.8) is 0 Å². The largest absolute Gasteiger partial charge is 0.474 e. The summed E-state index contributed by atoms with van der Waals surface area (Å²) in [6.45, 7) is 8.56. The summed E-state index contributed by atoms with van der Waals surface area (Å²) in [5, 5.41) is 0. The van der Waals surface area contributed by atoms with Crippen LogP contribution < -0.4 is 4.74 Å². The first kappa shape index (κ1) is 18.3. The summed E-state index contributed by atoms with van der Waals surface area (Å²) < 4.78 is 6.44. The summed E-state index contributed by atoms with van der Waals surface area (Å²) >= 11 is 0. The van der Waals surface area contributed by atoms with Crippen LogP contribution in [0.15, 0.2) is 54.9 Å². The molecule has 0 amide bonds. The van der Waals surface area contributed by atoms with Gasteiger partial charge in [0.25, 0.3) is 0 Å². The predicted molar refractivity (Wildman–Crippen MR) is 115 cm³/mol. The van der Waals surface area contributed by atoms with Crippen LogP contribution in [0.2, 0.25) is 0 Å². The molecule has 2 nitrogen and oxygen atoms in total. The van der Waals surface area contributed by atoms with Crippen LogP contribution in [-0.2, 0) is 6.42 Å². The number of hydrogen-bond donors (Lipinski definition) is 0. The van der Waals surface area contributed by atoms with Crippen LogP contribution in [0.4, 0.5) is 0 Å². The second-order valence-electron chi connectivity index (χ2n) is 7.85. The van der Waals surface area contributed by atoms with Crippen molar-refractivity contribution >= 4 is 0 Å². The van der Waals surface area contributed by atoms with Gasteiger partial charge < -0.3 is 4.74 Å². The van der Waals surface area contributed by atoms with Gasteiger partial charge in [-0.05, 0) is 85.7 Å². The standard InChI is InChI=1S/C26H25NO/c1-18-16-19(2)24-12-14-26(4,28-25(24)20(18)3)13-11-21-7-9-22(10-8-21)23-6-5-15-27-17-23/h5-10,15-17H,12,14H2,1-4H3. The Bertz CT molecular complexity index is 1070. The van der Waals surface area contributed by atoms with E-state index < -0.39 is 5.60 Å². The maximum absolute atomic E-state index is 6.44. The van der Waals surface area contributed by atoms with Gasteiger partial charge in [0.2, 0.25) is 0 Å².